The lowest BCUT2D eigenvalue weighted by atomic mass is 10.0. The van der Waals surface area contributed by atoms with E-state index in [9.17, 15) is 13.2 Å². The summed E-state index contributed by atoms with van der Waals surface area (Å²) >= 11 is 0. The van der Waals surface area contributed by atoms with Gasteiger partial charge in [0.05, 0.1) is 24.8 Å². The topological polar surface area (TPSA) is 107 Å². The summed E-state index contributed by atoms with van der Waals surface area (Å²) in [7, 11) is -0.883. The Balaban J connectivity index is 2.30. The van der Waals surface area contributed by atoms with Crippen molar-refractivity contribution in [1.82, 2.24) is 9.97 Å². The van der Waals surface area contributed by atoms with Gasteiger partial charge in [-0.1, -0.05) is 0 Å². The van der Waals surface area contributed by atoms with E-state index in [1.165, 1.54) is 33.5 Å². The average molecular weight is 315 g/mol. The molecule has 1 aromatic heterocycles. The molecule has 8 nitrogen and oxygen atoms in total. The molecule has 1 atom stereocenters. The molecule has 0 aromatic carbocycles. The SMILES string of the molecule is COC(=O)C(C)(OC)c1cncc(NS(=O)(=O)C2CC2)n1. The van der Waals surface area contributed by atoms with Crippen LogP contribution in [0.5, 0.6) is 0 Å². The number of hydrogen-bond acceptors (Lipinski definition) is 7. The number of nitrogens with zero attached hydrogens (tertiary/aromatic N) is 2. The van der Waals surface area contributed by atoms with Gasteiger partial charge in [0.1, 0.15) is 5.69 Å². The third kappa shape index (κ3) is 3.13. The molecule has 0 radical (unpaired) electrons. The zero-order chi connectivity index (χ0) is 15.7. The molecule has 0 aliphatic heterocycles. The van der Waals surface area contributed by atoms with Crippen LogP contribution in [0.3, 0.4) is 0 Å². The van der Waals surface area contributed by atoms with E-state index >= 15 is 0 Å². The van der Waals surface area contributed by atoms with Gasteiger partial charge in [0.15, 0.2) is 5.82 Å². The Morgan fingerprint density at radius 3 is 2.57 bits per heavy atom. The van der Waals surface area contributed by atoms with Crippen LogP contribution in [-0.4, -0.2) is 43.8 Å². The normalized spacial score (nSPS) is 17.9. The maximum atomic E-state index is 11.9. The Morgan fingerprint density at radius 1 is 1.38 bits per heavy atom. The third-order valence-electron chi connectivity index (χ3n) is 3.32. The van der Waals surface area contributed by atoms with Crippen LogP contribution in [0.1, 0.15) is 25.5 Å². The summed E-state index contributed by atoms with van der Waals surface area (Å²) in [5.41, 5.74) is -1.30. The number of anilines is 1. The van der Waals surface area contributed by atoms with Crippen molar-refractivity contribution in [1.29, 1.82) is 0 Å². The lowest BCUT2D eigenvalue weighted by molar-refractivity contribution is -0.165. The first-order valence-electron chi connectivity index (χ1n) is 6.31. The summed E-state index contributed by atoms with van der Waals surface area (Å²) in [6.07, 6.45) is 3.88. The Morgan fingerprint density at radius 2 is 2.05 bits per heavy atom. The number of carbonyl (C=O) groups excluding carboxylic acids is 1. The van der Waals surface area contributed by atoms with E-state index in [1.807, 2.05) is 0 Å². The fraction of sp³-hybridized carbons (Fsp3) is 0.583. The fourth-order valence-corrected chi connectivity index (χ4v) is 3.05. The molecule has 21 heavy (non-hydrogen) atoms. The highest BCUT2D eigenvalue weighted by Crippen LogP contribution is 2.30. The van der Waals surface area contributed by atoms with E-state index in [-0.39, 0.29) is 16.8 Å². The van der Waals surface area contributed by atoms with E-state index in [4.69, 9.17) is 4.74 Å². The largest absolute Gasteiger partial charge is 0.467 e. The molecule has 116 valence electrons. The summed E-state index contributed by atoms with van der Waals surface area (Å²) in [4.78, 5) is 19.8. The monoisotopic (exact) mass is 315 g/mol. The molecule has 1 unspecified atom stereocenters. The minimum Gasteiger partial charge on any atom is -0.467 e. The van der Waals surface area contributed by atoms with E-state index in [1.54, 1.807) is 0 Å². The quantitative estimate of drug-likeness (QED) is 0.758. The van der Waals surface area contributed by atoms with Crippen LogP contribution < -0.4 is 4.72 Å². The predicted molar refractivity (Wildman–Crippen MR) is 74.0 cm³/mol. The minimum atomic E-state index is -3.44. The van der Waals surface area contributed by atoms with Crippen LogP contribution in [0.15, 0.2) is 12.4 Å². The van der Waals surface area contributed by atoms with Gasteiger partial charge in [-0.3, -0.25) is 9.71 Å². The number of ether oxygens (including phenoxy) is 2. The molecule has 2 rings (SSSR count). The van der Waals surface area contributed by atoms with Gasteiger partial charge in [0, 0.05) is 7.11 Å². The van der Waals surface area contributed by atoms with Crippen molar-refractivity contribution in [2.45, 2.75) is 30.6 Å². The predicted octanol–water partition coefficient (Wildman–Crippen LogP) is 0.415. The van der Waals surface area contributed by atoms with Gasteiger partial charge < -0.3 is 9.47 Å². The maximum Gasteiger partial charge on any atom is 0.344 e. The molecule has 0 saturated heterocycles. The zero-order valence-corrected chi connectivity index (χ0v) is 12.8. The molecule has 9 heteroatoms. The molecule has 0 amide bonds. The van der Waals surface area contributed by atoms with Crippen molar-refractivity contribution in [2.24, 2.45) is 0 Å². The minimum absolute atomic E-state index is 0.0478. The van der Waals surface area contributed by atoms with Gasteiger partial charge in [-0.2, -0.15) is 0 Å². The molecule has 1 N–H and O–H groups in total. The van der Waals surface area contributed by atoms with Gasteiger partial charge >= 0.3 is 5.97 Å². The first-order chi connectivity index (χ1) is 9.83. The lowest BCUT2D eigenvalue weighted by Gasteiger charge is -2.24. The molecule has 1 saturated carbocycles. The van der Waals surface area contributed by atoms with Crippen LogP contribution in [0.4, 0.5) is 5.82 Å². The van der Waals surface area contributed by atoms with Crippen LogP contribution in [0, 0.1) is 0 Å². The Kier molecular flexibility index (Phi) is 4.15. The number of aromatic nitrogens is 2. The molecular formula is C12H17N3O5S. The van der Waals surface area contributed by atoms with Crippen molar-refractivity contribution in [3.8, 4) is 0 Å². The number of sulfonamides is 1. The van der Waals surface area contributed by atoms with E-state index < -0.39 is 21.6 Å². The second-order valence-electron chi connectivity index (χ2n) is 4.86. The van der Waals surface area contributed by atoms with Crippen LogP contribution in [0.2, 0.25) is 0 Å². The summed E-state index contributed by atoms with van der Waals surface area (Å²) in [5.74, 6) is -0.604. The van der Waals surface area contributed by atoms with Gasteiger partial charge in [-0.05, 0) is 19.8 Å². The van der Waals surface area contributed by atoms with Crippen LogP contribution >= 0.6 is 0 Å². The van der Waals surface area contributed by atoms with E-state index in [0.717, 1.165) is 0 Å². The summed E-state index contributed by atoms with van der Waals surface area (Å²) in [5, 5.41) is -0.377. The second kappa shape index (κ2) is 5.57. The Bertz CT molecular complexity index is 644. The first kappa shape index (κ1) is 15.6. The van der Waals surface area contributed by atoms with Crippen molar-refractivity contribution in [2.75, 3.05) is 18.9 Å². The summed E-state index contributed by atoms with van der Waals surface area (Å²) < 4.78 is 36.0. The molecule has 1 aliphatic rings. The number of methoxy groups -OCH3 is 2. The third-order valence-corrected chi connectivity index (χ3v) is 5.16. The van der Waals surface area contributed by atoms with Crippen LogP contribution in [0.25, 0.3) is 0 Å². The molecular weight excluding hydrogens is 298 g/mol. The number of nitrogens with one attached hydrogen (secondary N) is 1. The number of hydrogen-bond donors (Lipinski definition) is 1. The standard InChI is InChI=1S/C12H17N3O5S/c1-12(20-3,11(16)19-2)9-6-13-7-10(14-9)15-21(17,18)8-4-5-8/h6-8H,4-5H2,1-3H3,(H,14,15). The molecule has 1 aliphatic carbocycles. The first-order valence-corrected chi connectivity index (χ1v) is 7.86. The number of rotatable bonds is 6. The Labute approximate surface area is 122 Å². The smallest absolute Gasteiger partial charge is 0.344 e. The fourth-order valence-electron chi connectivity index (χ4n) is 1.74. The second-order valence-corrected chi connectivity index (χ2v) is 6.83. The number of esters is 1. The maximum absolute atomic E-state index is 11.9. The molecule has 1 heterocycles. The summed E-state index contributed by atoms with van der Waals surface area (Å²) in [6, 6.07) is 0. The lowest BCUT2D eigenvalue weighted by Crippen LogP contribution is -2.37. The molecule has 1 aromatic rings. The molecule has 0 spiro atoms. The highest BCUT2D eigenvalue weighted by molar-refractivity contribution is 7.93. The van der Waals surface area contributed by atoms with Gasteiger partial charge in [0.25, 0.3) is 0 Å². The van der Waals surface area contributed by atoms with Crippen molar-refractivity contribution in [3.63, 3.8) is 0 Å². The highest BCUT2D eigenvalue weighted by atomic mass is 32.2. The van der Waals surface area contributed by atoms with Crippen molar-refractivity contribution >= 4 is 21.8 Å². The van der Waals surface area contributed by atoms with E-state index in [2.05, 4.69) is 19.4 Å². The average Bonchev–Trinajstić information content (AvgIpc) is 3.30. The van der Waals surface area contributed by atoms with Crippen molar-refractivity contribution in [3.05, 3.63) is 18.1 Å². The van der Waals surface area contributed by atoms with Crippen LogP contribution in [-0.2, 0) is 29.9 Å². The van der Waals surface area contributed by atoms with Gasteiger partial charge in [0.2, 0.25) is 15.6 Å². The zero-order valence-electron chi connectivity index (χ0n) is 12.0. The van der Waals surface area contributed by atoms with Gasteiger partial charge in [-0.15, -0.1) is 0 Å². The van der Waals surface area contributed by atoms with Gasteiger partial charge in [-0.25, -0.2) is 18.2 Å². The Hall–Kier alpha value is -1.74. The summed E-state index contributed by atoms with van der Waals surface area (Å²) in [6.45, 7) is 1.47. The number of carbonyl (C=O) groups is 1. The van der Waals surface area contributed by atoms with Crippen molar-refractivity contribution < 1.29 is 22.7 Å². The van der Waals surface area contributed by atoms with E-state index in [0.29, 0.717) is 12.8 Å². The molecule has 0 bridgehead atoms. The highest BCUT2D eigenvalue weighted by Gasteiger charge is 2.39. The molecule has 1 fully saturated rings.